The molecular weight excluding hydrogens is 248 g/mol. The normalized spacial score (nSPS) is 34.4. The van der Waals surface area contributed by atoms with E-state index in [0.29, 0.717) is 0 Å². The highest BCUT2D eigenvalue weighted by molar-refractivity contribution is 5.44. The van der Waals surface area contributed by atoms with Crippen LogP contribution in [0.1, 0.15) is 25.7 Å². The molecule has 3 aliphatic rings. The van der Waals surface area contributed by atoms with Crippen molar-refractivity contribution in [3.63, 3.8) is 0 Å². The number of piperidine rings is 1. The lowest BCUT2D eigenvalue weighted by Gasteiger charge is -2.43. The van der Waals surface area contributed by atoms with Crippen LogP contribution in [0.15, 0.2) is 24.5 Å². The van der Waals surface area contributed by atoms with Gasteiger partial charge in [-0.25, -0.2) is 0 Å². The van der Waals surface area contributed by atoms with Gasteiger partial charge in [-0.15, -0.1) is 0 Å². The van der Waals surface area contributed by atoms with Gasteiger partial charge in [0, 0.05) is 62.4 Å². The summed E-state index contributed by atoms with van der Waals surface area (Å²) < 4.78 is 0. The molecule has 2 bridgehead atoms. The minimum atomic E-state index is 0.803. The Labute approximate surface area is 121 Å². The minimum Gasteiger partial charge on any atom is -0.369 e. The molecule has 1 aromatic rings. The molecule has 0 aromatic carbocycles. The maximum Gasteiger partial charge on any atom is 0.0397 e. The first kappa shape index (κ1) is 12.6. The highest BCUT2D eigenvalue weighted by atomic mass is 15.3. The van der Waals surface area contributed by atoms with Gasteiger partial charge in [0.25, 0.3) is 0 Å². The number of nitrogens with zero attached hydrogens (tertiary/aromatic N) is 3. The van der Waals surface area contributed by atoms with Crippen LogP contribution in [0.2, 0.25) is 0 Å². The van der Waals surface area contributed by atoms with Crippen molar-refractivity contribution < 1.29 is 0 Å². The van der Waals surface area contributed by atoms with Gasteiger partial charge in [0.15, 0.2) is 0 Å². The molecule has 0 saturated carbocycles. The fraction of sp³-hybridized carbons (Fsp3) is 0.688. The molecule has 4 heteroatoms. The fourth-order valence-corrected chi connectivity index (χ4v) is 4.23. The number of hydrogen-bond donors (Lipinski definition) is 1. The van der Waals surface area contributed by atoms with E-state index in [0.717, 1.165) is 31.2 Å². The van der Waals surface area contributed by atoms with Crippen LogP contribution in [-0.4, -0.2) is 54.2 Å². The summed E-state index contributed by atoms with van der Waals surface area (Å²) in [4.78, 5) is 9.34. The second kappa shape index (κ2) is 5.34. The third-order valence-electron chi connectivity index (χ3n) is 5.31. The summed E-state index contributed by atoms with van der Waals surface area (Å²) in [7, 11) is 0. The Morgan fingerprint density at radius 2 is 1.60 bits per heavy atom. The Morgan fingerprint density at radius 3 is 2.25 bits per heavy atom. The lowest BCUT2D eigenvalue weighted by Crippen LogP contribution is -2.54. The molecule has 3 aliphatic heterocycles. The van der Waals surface area contributed by atoms with Gasteiger partial charge in [0.05, 0.1) is 0 Å². The van der Waals surface area contributed by atoms with E-state index in [1.807, 2.05) is 12.4 Å². The van der Waals surface area contributed by atoms with Crippen molar-refractivity contribution in [2.75, 3.05) is 31.1 Å². The quantitative estimate of drug-likeness (QED) is 0.884. The van der Waals surface area contributed by atoms with E-state index in [-0.39, 0.29) is 0 Å². The summed E-state index contributed by atoms with van der Waals surface area (Å²) in [5, 5.41) is 3.75. The van der Waals surface area contributed by atoms with Crippen LogP contribution in [-0.2, 0) is 0 Å². The van der Waals surface area contributed by atoms with Crippen LogP contribution in [0.5, 0.6) is 0 Å². The van der Waals surface area contributed by atoms with Crippen molar-refractivity contribution in [3.05, 3.63) is 24.5 Å². The van der Waals surface area contributed by atoms with Crippen molar-refractivity contribution in [2.24, 2.45) is 0 Å². The molecule has 0 amide bonds. The first-order valence-corrected chi connectivity index (χ1v) is 8.03. The molecule has 108 valence electrons. The molecule has 0 spiro atoms. The van der Waals surface area contributed by atoms with Crippen LogP contribution in [0.25, 0.3) is 0 Å². The number of piperazine rings is 1. The second-order valence-electron chi connectivity index (χ2n) is 6.49. The average Bonchev–Trinajstić information content (AvgIpc) is 2.87. The molecule has 0 radical (unpaired) electrons. The summed E-state index contributed by atoms with van der Waals surface area (Å²) in [5.74, 6) is 0. The van der Waals surface area contributed by atoms with Gasteiger partial charge < -0.3 is 10.2 Å². The minimum absolute atomic E-state index is 0.803. The smallest absolute Gasteiger partial charge is 0.0397 e. The Kier molecular flexibility index (Phi) is 3.36. The van der Waals surface area contributed by atoms with E-state index in [9.17, 15) is 0 Å². The predicted molar refractivity (Wildman–Crippen MR) is 81.0 cm³/mol. The largest absolute Gasteiger partial charge is 0.369 e. The molecule has 4 nitrogen and oxygen atoms in total. The zero-order valence-corrected chi connectivity index (χ0v) is 12.0. The van der Waals surface area contributed by atoms with Crippen molar-refractivity contribution >= 4 is 5.69 Å². The molecule has 4 heterocycles. The molecule has 1 aromatic heterocycles. The highest BCUT2D eigenvalue weighted by Gasteiger charge is 2.36. The van der Waals surface area contributed by atoms with Crippen LogP contribution >= 0.6 is 0 Å². The van der Waals surface area contributed by atoms with E-state index >= 15 is 0 Å². The van der Waals surface area contributed by atoms with Gasteiger partial charge >= 0.3 is 0 Å². The van der Waals surface area contributed by atoms with Gasteiger partial charge in [-0.3, -0.25) is 9.88 Å². The highest BCUT2D eigenvalue weighted by Crippen LogP contribution is 2.30. The molecule has 4 rings (SSSR count). The lowest BCUT2D eigenvalue weighted by molar-refractivity contribution is 0.134. The number of pyridine rings is 1. The van der Waals surface area contributed by atoms with Gasteiger partial charge in [-0.05, 0) is 37.8 Å². The van der Waals surface area contributed by atoms with E-state index in [1.165, 1.54) is 44.5 Å². The van der Waals surface area contributed by atoms with E-state index in [1.54, 1.807) is 0 Å². The van der Waals surface area contributed by atoms with Gasteiger partial charge in [0.1, 0.15) is 0 Å². The standard InChI is InChI=1S/C16H24N4/c1-2-14-12-16(11-13(1)18-14)20-9-7-19(8-10-20)15-3-5-17-6-4-15/h3-6,13-14,16,18H,1-2,7-12H2. The Balaban J connectivity index is 1.35. The lowest BCUT2D eigenvalue weighted by atomic mass is 9.97. The molecule has 1 N–H and O–H groups in total. The Bertz CT molecular complexity index is 429. The summed E-state index contributed by atoms with van der Waals surface area (Å²) in [6.45, 7) is 4.74. The first-order chi connectivity index (χ1) is 9.88. The van der Waals surface area contributed by atoms with Crippen molar-refractivity contribution in [3.8, 4) is 0 Å². The number of hydrogen-bond acceptors (Lipinski definition) is 4. The topological polar surface area (TPSA) is 31.4 Å². The molecular formula is C16H24N4. The average molecular weight is 272 g/mol. The summed E-state index contributed by atoms with van der Waals surface area (Å²) in [6, 6.07) is 6.68. The summed E-state index contributed by atoms with van der Waals surface area (Å²) >= 11 is 0. The molecule has 3 saturated heterocycles. The number of aromatic nitrogens is 1. The molecule has 20 heavy (non-hydrogen) atoms. The third kappa shape index (κ3) is 2.42. The predicted octanol–water partition coefficient (Wildman–Crippen LogP) is 1.49. The number of nitrogens with one attached hydrogen (secondary N) is 1. The Morgan fingerprint density at radius 1 is 0.950 bits per heavy atom. The van der Waals surface area contributed by atoms with E-state index < -0.39 is 0 Å². The maximum atomic E-state index is 4.11. The van der Waals surface area contributed by atoms with Crippen molar-refractivity contribution in [2.45, 2.75) is 43.8 Å². The van der Waals surface area contributed by atoms with Gasteiger partial charge in [-0.1, -0.05) is 0 Å². The number of rotatable bonds is 2. The maximum absolute atomic E-state index is 4.11. The number of fused-ring (bicyclic) bond motifs is 2. The SMILES string of the molecule is c1cc(N2CCN(C3CC4CCC(C3)N4)CC2)ccn1. The zero-order valence-electron chi connectivity index (χ0n) is 12.0. The van der Waals surface area contributed by atoms with Gasteiger partial charge in [-0.2, -0.15) is 0 Å². The van der Waals surface area contributed by atoms with Crippen molar-refractivity contribution in [1.82, 2.24) is 15.2 Å². The Hall–Kier alpha value is -1.13. The zero-order chi connectivity index (χ0) is 13.4. The summed E-state index contributed by atoms with van der Waals surface area (Å²) in [5.41, 5.74) is 1.32. The first-order valence-electron chi connectivity index (χ1n) is 8.03. The number of anilines is 1. The van der Waals surface area contributed by atoms with Crippen LogP contribution in [0.3, 0.4) is 0 Å². The van der Waals surface area contributed by atoms with E-state index in [4.69, 9.17) is 0 Å². The molecule has 2 unspecified atom stereocenters. The molecule has 2 atom stereocenters. The molecule has 0 aliphatic carbocycles. The van der Waals surface area contributed by atoms with Crippen LogP contribution in [0.4, 0.5) is 5.69 Å². The van der Waals surface area contributed by atoms with Crippen molar-refractivity contribution in [1.29, 1.82) is 0 Å². The molecule has 3 fully saturated rings. The summed E-state index contributed by atoms with van der Waals surface area (Å²) in [6.07, 6.45) is 9.33. The van der Waals surface area contributed by atoms with Crippen LogP contribution < -0.4 is 10.2 Å². The third-order valence-corrected chi connectivity index (χ3v) is 5.31. The van der Waals surface area contributed by atoms with Gasteiger partial charge in [0.2, 0.25) is 0 Å². The van der Waals surface area contributed by atoms with Crippen LogP contribution in [0, 0.1) is 0 Å². The fourth-order valence-electron chi connectivity index (χ4n) is 4.23. The monoisotopic (exact) mass is 272 g/mol. The van der Waals surface area contributed by atoms with E-state index in [2.05, 4.69) is 32.2 Å². The second-order valence-corrected chi connectivity index (χ2v) is 6.49.